The van der Waals surface area contributed by atoms with E-state index in [1.165, 1.54) is 16.7 Å². The van der Waals surface area contributed by atoms with Crippen LogP contribution in [0, 0.1) is 13.8 Å². The van der Waals surface area contributed by atoms with Crippen molar-refractivity contribution in [1.82, 2.24) is 20.2 Å². The van der Waals surface area contributed by atoms with Crippen molar-refractivity contribution in [3.05, 3.63) is 76.9 Å². The molecular weight excluding hydrogens is 286 g/mol. The van der Waals surface area contributed by atoms with E-state index >= 15 is 0 Å². The molecule has 4 rings (SSSR count). The molecule has 1 aliphatic heterocycles. The molecule has 3 aromatic rings. The third-order valence-electron chi connectivity index (χ3n) is 4.20. The average molecular weight is 303 g/mol. The number of anilines is 1. The van der Waals surface area contributed by atoms with Gasteiger partial charge in [0, 0.05) is 5.70 Å². The number of benzene rings is 2. The van der Waals surface area contributed by atoms with Gasteiger partial charge < -0.3 is 5.32 Å². The molecule has 0 bridgehead atoms. The number of aromatic nitrogens is 4. The highest BCUT2D eigenvalue weighted by molar-refractivity contribution is 5.77. The van der Waals surface area contributed by atoms with Gasteiger partial charge >= 0.3 is 0 Å². The predicted molar refractivity (Wildman–Crippen MR) is 89.9 cm³/mol. The van der Waals surface area contributed by atoms with Gasteiger partial charge in [-0.25, -0.2) is 0 Å². The van der Waals surface area contributed by atoms with Crippen LogP contribution in [0.3, 0.4) is 0 Å². The van der Waals surface area contributed by atoms with Gasteiger partial charge in [0.2, 0.25) is 5.95 Å². The van der Waals surface area contributed by atoms with Crippen molar-refractivity contribution in [3.8, 4) is 0 Å². The number of fused-ring (bicyclic) bond motifs is 1. The lowest BCUT2D eigenvalue weighted by atomic mass is 9.98. The van der Waals surface area contributed by atoms with Crippen LogP contribution in [0.5, 0.6) is 0 Å². The van der Waals surface area contributed by atoms with Crippen molar-refractivity contribution in [2.75, 3.05) is 5.32 Å². The summed E-state index contributed by atoms with van der Waals surface area (Å²) in [5.41, 5.74) is 5.82. The topological polar surface area (TPSA) is 55.6 Å². The molecule has 0 saturated carbocycles. The number of rotatable bonds is 2. The zero-order valence-corrected chi connectivity index (χ0v) is 13.1. The summed E-state index contributed by atoms with van der Waals surface area (Å²) in [7, 11) is 0. The Morgan fingerprint density at radius 3 is 2.57 bits per heavy atom. The average Bonchev–Trinajstić information content (AvgIpc) is 3.04. The second-order valence-corrected chi connectivity index (χ2v) is 5.82. The zero-order valence-electron chi connectivity index (χ0n) is 13.1. The summed E-state index contributed by atoms with van der Waals surface area (Å²) in [5.74, 6) is 0.663. The second-order valence-electron chi connectivity index (χ2n) is 5.82. The van der Waals surface area contributed by atoms with Crippen molar-refractivity contribution in [1.29, 1.82) is 0 Å². The Labute approximate surface area is 134 Å². The van der Waals surface area contributed by atoms with Gasteiger partial charge in [0.05, 0.1) is 0 Å². The first-order valence-electron chi connectivity index (χ1n) is 7.61. The molecule has 0 amide bonds. The Bertz CT molecular complexity index is 876. The van der Waals surface area contributed by atoms with E-state index in [0.717, 1.165) is 11.3 Å². The largest absolute Gasteiger partial charge is 0.323 e. The lowest BCUT2D eigenvalue weighted by molar-refractivity contribution is 0.583. The van der Waals surface area contributed by atoms with Gasteiger partial charge in [-0.2, -0.15) is 4.68 Å². The van der Waals surface area contributed by atoms with Crippen LogP contribution in [0.4, 0.5) is 5.95 Å². The Balaban J connectivity index is 1.83. The molecule has 1 atom stereocenters. The summed E-state index contributed by atoms with van der Waals surface area (Å²) in [6, 6.07) is 16.8. The van der Waals surface area contributed by atoms with Crippen molar-refractivity contribution < 1.29 is 0 Å². The minimum Gasteiger partial charge on any atom is -0.323 e. The first-order chi connectivity index (χ1) is 11.2. The van der Waals surface area contributed by atoms with E-state index in [9.17, 15) is 0 Å². The zero-order chi connectivity index (χ0) is 15.8. The number of nitrogens with zero attached hydrogens (tertiary/aromatic N) is 4. The van der Waals surface area contributed by atoms with E-state index in [2.05, 4.69) is 77.2 Å². The summed E-state index contributed by atoms with van der Waals surface area (Å²) >= 11 is 0. The Morgan fingerprint density at radius 1 is 1.00 bits per heavy atom. The quantitative estimate of drug-likeness (QED) is 0.789. The fraction of sp³-hybridized carbons (Fsp3) is 0.167. The van der Waals surface area contributed by atoms with E-state index < -0.39 is 0 Å². The molecule has 2 heterocycles. The highest BCUT2D eigenvalue weighted by atomic mass is 15.6. The Hall–Kier alpha value is -2.95. The molecule has 1 aromatic heterocycles. The molecule has 0 spiro atoms. The standard InChI is InChI=1S/C18H17N5/c1-12-7-9-14(10-8-12)16-11-17(15-6-4-3-5-13(15)2)23-18(19-16)20-21-22-23/h3-11,17H,1-2H3,(H,19,20,22). The monoisotopic (exact) mass is 303 g/mol. The second kappa shape index (κ2) is 5.35. The van der Waals surface area contributed by atoms with Gasteiger partial charge in [-0.3, -0.25) is 0 Å². The van der Waals surface area contributed by atoms with Crippen LogP contribution in [0.25, 0.3) is 5.70 Å². The summed E-state index contributed by atoms with van der Waals surface area (Å²) in [6.07, 6.45) is 2.18. The first-order valence-corrected chi connectivity index (χ1v) is 7.61. The van der Waals surface area contributed by atoms with Crippen molar-refractivity contribution >= 4 is 11.6 Å². The summed E-state index contributed by atoms with van der Waals surface area (Å²) in [6.45, 7) is 4.20. The predicted octanol–water partition coefficient (Wildman–Crippen LogP) is 3.35. The van der Waals surface area contributed by atoms with Crippen LogP contribution in [0.2, 0.25) is 0 Å². The molecule has 2 aromatic carbocycles. The maximum absolute atomic E-state index is 4.15. The van der Waals surface area contributed by atoms with E-state index in [4.69, 9.17) is 0 Å². The SMILES string of the molecule is Cc1ccc(C2=CC(c3ccccc3C)n3nnnc3N2)cc1. The molecule has 5 nitrogen and oxygen atoms in total. The van der Waals surface area contributed by atoms with E-state index in [1.807, 2.05) is 16.8 Å². The number of allylic oxidation sites excluding steroid dienone is 1. The number of hydrogen-bond donors (Lipinski definition) is 1. The van der Waals surface area contributed by atoms with Crippen LogP contribution in [0.1, 0.15) is 28.3 Å². The highest BCUT2D eigenvalue weighted by Gasteiger charge is 2.25. The summed E-state index contributed by atoms with van der Waals surface area (Å²) < 4.78 is 1.82. The minimum atomic E-state index is -0.0150. The van der Waals surface area contributed by atoms with E-state index in [-0.39, 0.29) is 6.04 Å². The Morgan fingerprint density at radius 2 is 1.78 bits per heavy atom. The van der Waals surface area contributed by atoms with Crippen molar-refractivity contribution in [3.63, 3.8) is 0 Å². The molecule has 114 valence electrons. The molecule has 0 fully saturated rings. The summed E-state index contributed by atoms with van der Waals surface area (Å²) in [4.78, 5) is 0. The van der Waals surface area contributed by atoms with E-state index in [1.54, 1.807) is 0 Å². The van der Waals surface area contributed by atoms with Crippen molar-refractivity contribution in [2.24, 2.45) is 0 Å². The summed E-state index contributed by atoms with van der Waals surface area (Å²) in [5, 5.41) is 15.4. The van der Waals surface area contributed by atoms with Gasteiger partial charge in [-0.1, -0.05) is 59.2 Å². The van der Waals surface area contributed by atoms with Crippen LogP contribution in [-0.2, 0) is 0 Å². The molecule has 5 heteroatoms. The lowest BCUT2D eigenvalue weighted by Crippen LogP contribution is -2.20. The number of tetrazole rings is 1. The third-order valence-corrected chi connectivity index (χ3v) is 4.20. The molecule has 1 unspecified atom stereocenters. The highest BCUT2D eigenvalue weighted by Crippen LogP contribution is 2.32. The third kappa shape index (κ3) is 2.40. The maximum atomic E-state index is 4.15. The van der Waals surface area contributed by atoms with Crippen LogP contribution in [0.15, 0.2) is 54.6 Å². The van der Waals surface area contributed by atoms with E-state index in [0.29, 0.717) is 5.95 Å². The van der Waals surface area contributed by atoms with Gasteiger partial charge in [-0.15, -0.1) is 0 Å². The van der Waals surface area contributed by atoms with Gasteiger partial charge in [0.15, 0.2) is 0 Å². The van der Waals surface area contributed by atoms with Gasteiger partial charge in [-0.05, 0) is 47.0 Å². The minimum absolute atomic E-state index is 0.0150. The van der Waals surface area contributed by atoms with Crippen LogP contribution < -0.4 is 5.32 Å². The molecule has 1 N–H and O–H groups in total. The number of aryl methyl sites for hydroxylation is 2. The van der Waals surface area contributed by atoms with Gasteiger partial charge in [0.25, 0.3) is 0 Å². The molecule has 1 aliphatic rings. The van der Waals surface area contributed by atoms with Crippen LogP contribution in [-0.4, -0.2) is 20.2 Å². The lowest BCUT2D eigenvalue weighted by Gasteiger charge is -2.24. The van der Waals surface area contributed by atoms with Gasteiger partial charge in [0.1, 0.15) is 6.04 Å². The smallest absolute Gasteiger partial charge is 0.248 e. The fourth-order valence-electron chi connectivity index (χ4n) is 2.90. The molecule has 0 radical (unpaired) electrons. The van der Waals surface area contributed by atoms with Crippen LogP contribution >= 0.6 is 0 Å². The molecule has 0 aliphatic carbocycles. The number of hydrogen-bond acceptors (Lipinski definition) is 4. The number of nitrogens with one attached hydrogen (secondary N) is 1. The first kappa shape index (κ1) is 13.7. The maximum Gasteiger partial charge on any atom is 0.248 e. The fourth-order valence-corrected chi connectivity index (χ4v) is 2.90. The van der Waals surface area contributed by atoms with Crippen molar-refractivity contribution in [2.45, 2.75) is 19.9 Å². The molecule has 0 saturated heterocycles. The molecular formula is C18H17N5. The normalized spacial score (nSPS) is 16.4. The molecule has 23 heavy (non-hydrogen) atoms. The Kier molecular flexibility index (Phi) is 3.19.